The van der Waals surface area contributed by atoms with Gasteiger partial charge in [0.1, 0.15) is 28.2 Å². The normalized spacial score (nSPS) is 11.8. The number of ether oxygens (including phenoxy) is 1. The van der Waals surface area contributed by atoms with Crippen molar-refractivity contribution in [3.8, 4) is 16.9 Å². The van der Waals surface area contributed by atoms with Gasteiger partial charge in [-0.3, -0.25) is 0 Å². The molecular formula is C23H19ClF3NO3. The number of hydrogen-bond donors (Lipinski definition) is 2. The molecule has 0 aromatic heterocycles. The highest BCUT2D eigenvalue weighted by Crippen LogP contribution is 2.36. The maximum Gasteiger partial charge on any atom is 0.344 e. The van der Waals surface area contributed by atoms with Gasteiger partial charge in [-0.15, -0.1) is 0 Å². The number of nitrogens with one attached hydrogen (secondary N) is 1. The average molecular weight is 450 g/mol. The molecule has 0 aliphatic rings. The van der Waals surface area contributed by atoms with Crippen molar-refractivity contribution in [1.82, 2.24) is 0 Å². The Labute approximate surface area is 182 Å². The lowest BCUT2D eigenvalue weighted by molar-refractivity contribution is -0.145. The third-order valence-electron chi connectivity index (χ3n) is 4.63. The predicted molar refractivity (Wildman–Crippen MR) is 113 cm³/mol. The number of aliphatic carboxylic acids is 1. The van der Waals surface area contributed by atoms with Gasteiger partial charge in [0.15, 0.2) is 6.10 Å². The Hall–Kier alpha value is -3.19. The first-order valence-electron chi connectivity index (χ1n) is 9.45. The van der Waals surface area contributed by atoms with E-state index in [-0.39, 0.29) is 35.0 Å². The zero-order chi connectivity index (χ0) is 22.5. The monoisotopic (exact) mass is 449 g/mol. The van der Waals surface area contributed by atoms with E-state index < -0.39 is 29.5 Å². The van der Waals surface area contributed by atoms with Gasteiger partial charge >= 0.3 is 5.97 Å². The van der Waals surface area contributed by atoms with Gasteiger partial charge in [-0.05, 0) is 53.9 Å². The molecule has 0 spiro atoms. The van der Waals surface area contributed by atoms with Crippen LogP contribution in [0.4, 0.5) is 18.9 Å². The summed E-state index contributed by atoms with van der Waals surface area (Å²) in [6, 6.07) is 12.5. The van der Waals surface area contributed by atoms with Crippen LogP contribution in [-0.2, 0) is 11.3 Å². The standard InChI is InChI=1S/C23H19ClF3NO3/c1-2-19(23(29)30)31-20-9-8-18(27)22(21(20)24)28-12-15-10-14(6-7-17(15)26)13-4-3-5-16(25)11-13/h3-11,19,28H,2,12H2,1H3,(H,29,30). The molecule has 0 fully saturated rings. The van der Waals surface area contributed by atoms with E-state index in [0.29, 0.717) is 11.1 Å². The number of benzene rings is 3. The molecule has 3 aromatic carbocycles. The molecule has 8 heteroatoms. The summed E-state index contributed by atoms with van der Waals surface area (Å²) in [4.78, 5) is 11.2. The molecule has 4 nitrogen and oxygen atoms in total. The molecule has 0 aliphatic carbocycles. The zero-order valence-corrected chi connectivity index (χ0v) is 17.2. The van der Waals surface area contributed by atoms with Crippen molar-refractivity contribution in [2.24, 2.45) is 0 Å². The summed E-state index contributed by atoms with van der Waals surface area (Å²) < 4.78 is 47.5. The van der Waals surface area contributed by atoms with E-state index in [0.717, 1.165) is 6.07 Å². The lowest BCUT2D eigenvalue weighted by Gasteiger charge is -2.17. The van der Waals surface area contributed by atoms with Crippen molar-refractivity contribution in [3.05, 3.63) is 82.6 Å². The number of carboxylic acid groups (broad SMARTS) is 1. The molecule has 3 rings (SSSR count). The van der Waals surface area contributed by atoms with E-state index in [1.807, 2.05) is 0 Å². The quantitative estimate of drug-likeness (QED) is 0.425. The summed E-state index contributed by atoms with van der Waals surface area (Å²) >= 11 is 6.21. The molecule has 0 saturated heterocycles. The third kappa shape index (κ3) is 5.30. The number of rotatable bonds is 8. The van der Waals surface area contributed by atoms with Crippen LogP contribution >= 0.6 is 11.6 Å². The second-order valence-electron chi connectivity index (χ2n) is 6.76. The second kappa shape index (κ2) is 9.75. The number of carbonyl (C=O) groups is 1. The highest BCUT2D eigenvalue weighted by molar-refractivity contribution is 6.34. The summed E-state index contributed by atoms with van der Waals surface area (Å²) in [6.07, 6.45) is -0.958. The van der Waals surface area contributed by atoms with Crippen LogP contribution in [0.1, 0.15) is 18.9 Å². The fourth-order valence-corrected chi connectivity index (χ4v) is 3.25. The van der Waals surface area contributed by atoms with E-state index >= 15 is 0 Å². The van der Waals surface area contributed by atoms with Crippen LogP contribution in [0.15, 0.2) is 54.6 Å². The maximum absolute atomic E-state index is 14.3. The van der Waals surface area contributed by atoms with Gasteiger partial charge in [0, 0.05) is 12.1 Å². The summed E-state index contributed by atoms with van der Waals surface area (Å²) in [5, 5.41) is 11.7. The van der Waals surface area contributed by atoms with Gasteiger partial charge in [0.05, 0.1) is 5.69 Å². The number of hydrogen-bond acceptors (Lipinski definition) is 3. The number of carboxylic acids is 1. The Bertz CT molecular complexity index is 1110. The molecule has 1 atom stereocenters. The average Bonchev–Trinajstić information content (AvgIpc) is 2.74. The molecule has 0 amide bonds. The molecule has 0 radical (unpaired) electrons. The van der Waals surface area contributed by atoms with Crippen molar-refractivity contribution in [2.75, 3.05) is 5.32 Å². The SMILES string of the molecule is CCC(Oc1ccc(F)c(NCc2cc(-c3cccc(F)c3)ccc2F)c1Cl)C(=O)O. The molecule has 1 unspecified atom stereocenters. The van der Waals surface area contributed by atoms with Crippen LogP contribution < -0.4 is 10.1 Å². The molecular weight excluding hydrogens is 431 g/mol. The lowest BCUT2D eigenvalue weighted by atomic mass is 10.0. The van der Waals surface area contributed by atoms with E-state index in [1.165, 1.54) is 36.4 Å². The van der Waals surface area contributed by atoms with Crippen molar-refractivity contribution in [1.29, 1.82) is 0 Å². The van der Waals surface area contributed by atoms with Crippen molar-refractivity contribution >= 4 is 23.3 Å². The highest BCUT2D eigenvalue weighted by Gasteiger charge is 2.21. The first-order valence-corrected chi connectivity index (χ1v) is 9.83. The summed E-state index contributed by atoms with van der Waals surface area (Å²) in [5.74, 6) is -2.84. The topological polar surface area (TPSA) is 58.6 Å². The summed E-state index contributed by atoms with van der Waals surface area (Å²) in [7, 11) is 0. The van der Waals surface area contributed by atoms with Crippen molar-refractivity contribution in [2.45, 2.75) is 26.0 Å². The van der Waals surface area contributed by atoms with Gasteiger partial charge in [0.2, 0.25) is 0 Å². The maximum atomic E-state index is 14.3. The van der Waals surface area contributed by atoms with E-state index in [9.17, 15) is 18.0 Å². The van der Waals surface area contributed by atoms with Crippen molar-refractivity contribution < 1.29 is 27.8 Å². The van der Waals surface area contributed by atoms with Crippen LogP contribution in [0, 0.1) is 17.5 Å². The van der Waals surface area contributed by atoms with Gasteiger partial charge in [-0.25, -0.2) is 18.0 Å². The van der Waals surface area contributed by atoms with Crippen LogP contribution in [-0.4, -0.2) is 17.2 Å². The molecule has 0 heterocycles. The van der Waals surface area contributed by atoms with Gasteiger partial charge in [-0.2, -0.15) is 0 Å². The van der Waals surface area contributed by atoms with E-state index in [2.05, 4.69) is 5.32 Å². The molecule has 0 aliphatic heterocycles. The Balaban J connectivity index is 1.85. The van der Waals surface area contributed by atoms with E-state index in [1.54, 1.807) is 19.1 Å². The first-order chi connectivity index (χ1) is 14.8. The lowest BCUT2D eigenvalue weighted by Crippen LogP contribution is -2.26. The minimum absolute atomic E-state index is 0.00574. The smallest absolute Gasteiger partial charge is 0.344 e. The molecule has 31 heavy (non-hydrogen) atoms. The zero-order valence-electron chi connectivity index (χ0n) is 16.5. The van der Waals surface area contributed by atoms with Crippen LogP contribution in [0.5, 0.6) is 5.75 Å². The van der Waals surface area contributed by atoms with E-state index in [4.69, 9.17) is 21.4 Å². The highest BCUT2D eigenvalue weighted by atomic mass is 35.5. The second-order valence-corrected chi connectivity index (χ2v) is 7.14. The predicted octanol–water partition coefficient (Wildman–Crippen LogP) is 6.28. The van der Waals surface area contributed by atoms with Crippen LogP contribution in [0.25, 0.3) is 11.1 Å². The first kappa shape index (κ1) is 22.5. The minimum Gasteiger partial charge on any atom is -0.479 e. The largest absolute Gasteiger partial charge is 0.479 e. The number of anilines is 1. The Morgan fingerprint density at radius 1 is 1.06 bits per heavy atom. The fourth-order valence-electron chi connectivity index (χ4n) is 2.99. The Morgan fingerprint density at radius 2 is 1.77 bits per heavy atom. The van der Waals surface area contributed by atoms with Crippen LogP contribution in [0.3, 0.4) is 0 Å². The minimum atomic E-state index is -1.17. The fraction of sp³-hybridized carbons (Fsp3) is 0.174. The summed E-state index contributed by atoms with van der Waals surface area (Å²) in [6.45, 7) is 1.51. The Morgan fingerprint density at radius 3 is 2.45 bits per heavy atom. The molecule has 0 saturated carbocycles. The van der Waals surface area contributed by atoms with Gasteiger partial charge < -0.3 is 15.2 Å². The van der Waals surface area contributed by atoms with Crippen molar-refractivity contribution in [3.63, 3.8) is 0 Å². The van der Waals surface area contributed by atoms with Crippen LogP contribution in [0.2, 0.25) is 5.02 Å². The molecule has 0 bridgehead atoms. The number of halogens is 4. The summed E-state index contributed by atoms with van der Waals surface area (Å²) in [5.41, 5.74) is 1.23. The Kier molecular flexibility index (Phi) is 7.07. The third-order valence-corrected chi connectivity index (χ3v) is 5.01. The van der Waals surface area contributed by atoms with Gasteiger partial charge in [-0.1, -0.05) is 36.7 Å². The molecule has 162 valence electrons. The van der Waals surface area contributed by atoms with Gasteiger partial charge in [0.25, 0.3) is 0 Å². The molecule has 3 aromatic rings. The molecule has 2 N–H and O–H groups in total.